The Hall–Kier alpha value is -1.67. The molecular formula is C11H21N5O3. The Bertz CT molecular complexity index is 371. The topological polar surface area (TPSA) is 148 Å². The average molecular weight is 271 g/mol. The molecule has 108 valence electrons. The number of nitrogens with two attached hydrogens (primary N) is 3. The van der Waals surface area contributed by atoms with Gasteiger partial charge >= 0.3 is 5.97 Å². The van der Waals surface area contributed by atoms with Gasteiger partial charge in [0.05, 0.1) is 0 Å². The monoisotopic (exact) mass is 271 g/mol. The van der Waals surface area contributed by atoms with E-state index in [1.807, 2.05) is 0 Å². The lowest BCUT2D eigenvalue weighted by atomic mass is 10.1. The van der Waals surface area contributed by atoms with Crippen LogP contribution in [0.1, 0.15) is 19.3 Å². The summed E-state index contributed by atoms with van der Waals surface area (Å²) < 4.78 is 0. The van der Waals surface area contributed by atoms with Gasteiger partial charge in [-0.15, -0.1) is 0 Å². The van der Waals surface area contributed by atoms with Crippen molar-refractivity contribution in [2.75, 3.05) is 19.6 Å². The molecule has 1 fully saturated rings. The van der Waals surface area contributed by atoms with Gasteiger partial charge in [-0.25, -0.2) is 0 Å². The summed E-state index contributed by atoms with van der Waals surface area (Å²) in [4.78, 5) is 27.6. The summed E-state index contributed by atoms with van der Waals surface area (Å²) in [5, 5.41) is 8.60. The van der Waals surface area contributed by atoms with Crippen LogP contribution >= 0.6 is 0 Å². The van der Waals surface area contributed by atoms with Crippen molar-refractivity contribution in [1.29, 1.82) is 0 Å². The number of aliphatic carboxylic acids is 1. The van der Waals surface area contributed by atoms with Crippen LogP contribution in [0.5, 0.6) is 0 Å². The van der Waals surface area contributed by atoms with Gasteiger partial charge in [-0.3, -0.25) is 19.5 Å². The molecule has 8 heteroatoms. The van der Waals surface area contributed by atoms with Crippen molar-refractivity contribution in [2.24, 2.45) is 28.1 Å². The highest BCUT2D eigenvalue weighted by Gasteiger charge is 2.30. The normalized spacial score (nSPS) is 21.8. The number of aliphatic imine (C=N–C) groups is 1. The van der Waals surface area contributed by atoms with E-state index in [1.54, 1.807) is 0 Å². The van der Waals surface area contributed by atoms with Crippen LogP contribution in [0.2, 0.25) is 0 Å². The van der Waals surface area contributed by atoms with Gasteiger partial charge in [0.1, 0.15) is 6.04 Å². The molecule has 0 spiro atoms. The molecule has 1 aliphatic rings. The second-order valence-corrected chi connectivity index (χ2v) is 4.64. The zero-order chi connectivity index (χ0) is 14.4. The highest BCUT2D eigenvalue weighted by molar-refractivity contribution is 5.97. The first-order valence-corrected chi connectivity index (χ1v) is 6.24. The Morgan fingerprint density at radius 3 is 2.79 bits per heavy atom. The molecule has 8 nitrogen and oxygen atoms in total. The molecule has 1 aliphatic heterocycles. The van der Waals surface area contributed by atoms with Crippen molar-refractivity contribution in [3.8, 4) is 0 Å². The zero-order valence-electron chi connectivity index (χ0n) is 10.8. The standard InChI is InChI=1S/C11H21N5O3/c12-5-7-4-9(17)16(6-7)11(14)15-3-1-2-8(13)10(18)19/h7-8H,1-6,12-13H2,(H2,14,15)(H,18,19)/t7?,8-/m1/s1. The second kappa shape index (κ2) is 7.05. The summed E-state index contributed by atoms with van der Waals surface area (Å²) in [7, 11) is 0. The van der Waals surface area contributed by atoms with Crippen molar-refractivity contribution in [3.63, 3.8) is 0 Å². The van der Waals surface area contributed by atoms with E-state index in [9.17, 15) is 9.59 Å². The Labute approximate surface area is 111 Å². The predicted molar refractivity (Wildman–Crippen MR) is 70.2 cm³/mol. The number of carboxylic acid groups (broad SMARTS) is 1. The molecule has 0 aromatic heterocycles. The number of rotatable bonds is 6. The minimum atomic E-state index is -1.03. The predicted octanol–water partition coefficient (Wildman–Crippen LogP) is -1.70. The van der Waals surface area contributed by atoms with Crippen LogP contribution in [-0.2, 0) is 9.59 Å². The molecule has 2 atom stereocenters. The lowest BCUT2D eigenvalue weighted by Gasteiger charge is -2.15. The summed E-state index contributed by atoms with van der Waals surface area (Å²) in [6.07, 6.45) is 1.23. The number of amides is 1. The number of carboxylic acids is 1. The molecule has 19 heavy (non-hydrogen) atoms. The van der Waals surface area contributed by atoms with Crippen LogP contribution < -0.4 is 17.2 Å². The second-order valence-electron chi connectivity index (χ2n) is 4.64. The van der Waals surface area contributed by atoms with Crippen molar-refractivity contribution < 1.29 is 14.7 Å². The molecule has 0 aromatic carbocycles. The number of guanidine groups is 1. The van der Waals surface area contributed by atoms with Crippen molar-refractivity contribution >= 4 is 17.8 Å². The minimum Gasteiger partial charge on any atom is -0.480 e. The van der Waals surface area contributed by atoms with E-state index >= 15 is 0 Å². The van der Waals surface area contributed by atoms with Crippen molar-refractivity contribution in [2.45, 2.75) is 25.3 Å². The average Bonchev–Trinajstić information content (AvgIpc) is 2.75. The minimum absolute atomic E-state index is 0.0704. The lowest BCUT2D eigenvalue weighted by molar-refractivity contribution is -0.138. The number of hydrogen-bond acceptors (Lipinski definition) is 5. The van der Waals surface area contributed by atoms with Gasteiger partial charge in [-0.1, -0.05) is 0 Å². The van der Waals surface area contributed by atoms with Crippen molar-refractivity contribution in [3.05, 3.63) is 0 Å². The molecule has 1 rings (SSSR count). The van der Waals surface area contributed by atoms with Crippen LogP contribution in [0.4, 0.5) is 0 Å². The first-order valence-electron chi connectivity index (χ1n) is 6.24. The van der Waals surface area contributed by atoms with Crippen LogP contribution in [0, 0.1) is 5.92 Å². The third-order valence-corrected chi connectivity index (χ3v) is 3.08. The van der Waals surface area contributed by atoms with E-state index < -0.39 is 12.0 Å². The van der Waals surface area contributed by atoms with Gasteiger partial charge in [0, 0.05) is 19.5 Å². The molecule has 1 saturated heterocycles. The van der Waals surface area contributed by atoms with Crippen LogP contribution in [-0.4, -0.2) is 53.5 Å². The SMILES string of the molecule is NCC1CC(=O)N(C(N)=NCCC[C@@H](N)C(=O)O)C1. The summed E-state index contributed by atoms with van der Waals surface area (Å²) in [6.45, 7) is 1.30. The molecule has 0 aromatic rings. The van der Waals surface area contributed by atoms with E-state index in [1.165, 1.54) is 4.90 Å². The van der Waals surface area contributed by atoms with Gasteiger partial charge in [-0.2, -0.15) is 0 Å². The Kier molecular flexibility index (Phi) is 5.71. The first-order chi connectivity index (χ1) is 8.95. The Morgan fingerprint density at radius 2 is 2.26 bits per heavy atom. The fraction of sp³-hybridized carbons (Fsp3) is 0.727. The zero-order valence-corrected chi connectivity index (χ0v) is 10.8. The molecule has 0 bridgehead atoms. The van der Waals surface area contributed by atoms with E-state index in [0.717, 1.165) is 0 Å². The first kappa shape index (κ1) is 15.4. The smallest absolute Gasteiger partial charge is 0.320 e. The summed E-state index contributed by atoms with van der Waals surface area (Å²) in [5.41, 5.74) is 16.6. The Balaban J connectivity index is 2.37. The number of carbonyl (C=O) groups excluding carboxylic acids is 1. The maximum absolute atomic E-state index is 11.6. The quantitative estimate of drug-likeness (QED) is 0.257. The number of likely N-dealkylation sites (tertiary alicyclic amines) is 1. The molecule has 1 amide bonds. The molecule has 1 unspecified atom stereocenters. The third kappa shape index (κ3) is 4.49. The third-order valence-electron chi connectivity index (χ3n) is 3.08. The van der Waals surface area contributed by atoms with E-state index in [0.29, 0.717) is 38.9 Å². The molecule has 1 heterocycles. The molecular weight excluding hydrogens is 250 g/mol. The van der Waals surface area contributed by atoms with Gasteiger partial charge in [-0.05, 0) is 25.3 Å². The maximum atomic E-state index is 11.6. The van der Waals surface area contributed by atoms with Gasteiger partial charge in [0.2, 0.25) is 5.91 Å². The number of nitrogens with zero attached hydrogens (tertiary/aromatic N) is 2. The van der Waals surface area contributed by atoms with E-state index in [-0.39, 0.29) is 17.8 Å². The van der Waals surface area contributed by atoms with Gasteiger partial charge in [0.15, 0.2) is 5.96 Å². The molecule has 7 N–H and O–H groups in total. The fourth-order valence-electron chi connectivity index (χ4n) is 1.87. The molecule has 0 radical (unpaired) electrons. The van der Waals surface area contributed by atoms with E-state index in [2.05, 4.69) is 4.99 Å². The summed E-state index contributed by atoms with van der Waals surface area (Å²) >= 11 is 0. The largest absolute Gasteiger partial charge is 0.480 e. The lowest BCUT2D eigenvalue weighted by Crippen LogP contribution is -2.39. The Morgan fingerprint density at radius 1 is 1.58 bits per heavy atom. The summed E-state index contributed by atoms with van der Waals surface area (Å²) in [5.74, 6) is -0.803. The number of hydrogen-bond donors (Lipinski definition) is 4. The van der Waals surface area contributed by atoms with E-state index in [4.69, 9.17) is 22.3 Å². The van der Waals surface area contributed by atoms with Crippen molar-refractivity contribution in [1.82, 2.24) is 4.90 Å². The van der Waals surface area contributed by atoms with Crippen LogP contribution in [0.25, 0.3) is 0 Å². The van der Waals surface area contributed by atoms with Crippen LogP contribution in [0.15, 0.2) is 4.99 Å². The van der Waals surface area contributed by atoms with Crippen LogP contribution in [0.3, 0.4) is 0 Å². The molecule has 0 saturated carbocycles. The summed E-state index contributed by atoms with van der Waals surface area (Å²) in [6, 6.07) is -0.883. The van der Waals surface area contributed by atoms with Gasteiger partial charge < -0.3 is 22.3 Å². The number of carbonyl (C=O) groups is 2. The maximum Gasteiger partial charge on any atom is 0.320 e. The highest BCUT2D eigenvalue weighted by atomic mass is 16.4. The highest BCUT2D eigenvalue weighted by Crippen LogP contribution is 2.15. The fourth-order valence-corrected chi connectivity index (χ4v) is 1.87. The van der Waals surface area contributed by atoms with Gasteiger partial charge in [0.25, 0.3) is 0 Å². The molecule has 0 aliphatic carbocycles.